The molecule has 0 aliphatic heterocycles. The minimum atomic E-state index is -0.761. The van der Waals surface area contributed by atoms with E-state index in [1.165, 1.54) is 24.7 Å². The molecule has 11 nitrogen and oxygen atoms in total. The first kappa shape index (κ1) is 26.3. The number of ether oxygens (including phenoxy) is 2. The minimum Gasteiger partial charge on any atom is -0.463 e. The zero-order valence-electron chi connectivity index (χ0n) is 21.2. The molecule has 0 bridgehead atoms. The Labute approximate surface area is 231 Å². The molecule has 1 N–H and O–H groups in total. The van der Waals surface area contributed by atoms with Crippen LogP contribution in [0.15, 0.2) is 63.8 Å². The summed E-state index contributed by atoms with van der Waals surface area (Å²) in [5.41, 5.74) is 2.51. The van der Waals surface area contributed by atoms with E-state index >= 15 is 0 Å². The number of thiophene rings is 1. The molecule has 0 fully saturated rings. The molecule has 4 heterocycles. The highest BCUT2D eigenvalue weighted by atomic mass is 32.1. The van der Waals surface area contributed by atoms with Crippen LogP contribution in [0.5, 0.6) is 0 Å². The summed E-state index contributed by atoms with van der Waals surface area (Å²) in [6.07, 6.45) is 3.04. The Balaban J connectivity index is 1.33. The molecule has 0 saturated heterocycles. The fraction of sp³-hybridized carbons (Fsp3) is 0.143. The molecule has 1 amide bonds. The molecule has 40 heavy (non-hydrogen) atoms. The maximum atomic E-state index is 12.8. The molecule has 4 aromatic heterocycles. The van der Waals surface area contributed by atoms with E-state index in [9.17, 15) is 19.6 Å². The second kappa shape index (κ2) is 11.2. The second-order valence-corrected chi connectivity index (χ2v) is 9.32. The molecule has 0 spiro atoms. The van der Waals surface area contributed by atoms with Crippen LogP contribution < -0.4 is 5.32 Å². The first-order valence-corrected chi connectivity index (χ1v) is 12.8. The standard InChI is InChI=1S/C28H20N4O7S/c1-3-36-28(35)25-15(2)17(13-29)26(40-25)32-22(33)14-39-27(34)16-8-9-18-19(12-16)31-24(21-7-5-11-38-21)23(30-18)20-6-4-10-37-20/h4-12H,3,14H2,1-2H3,(H,32,33). The first-order valence-electron chi connectivity index (χ1n) is 12.0. The predicted octanol–water partition coefficient (Wildman–Crippen LogP) is 5.36. The highest BCUT2D eigenvalue weighted by molar-refractivity contribution is 7.18. The van der Waals surface area contributed by atoms with Gasteiger partial charge in [-0.2, -0.15) is 5.26 Å². The molecule has 0 unspecified atom stereocenters. The summed E-state index contributed by atoms with van der Waals surface area (Å²) in [7, 11) is 0. The molecule has 0 aliphatic carbocycles. The van der Waals surface area contributed by atoms with Crippen molar-refractivity contribution in [2.24, 2.45) is 0 Å². The zero-order chi connectivity index (χ0) is 28.2. The van der Waals surface area contributed by atoms with Gasteiger partial charge in [-0.15, -0.1) is 11.3 Å². The lowest BCUT2D eigenvalue weighted by atomic mass is 10.1. The lowest BCUT2D eigenvalue weighted by Crippen LogP contribution is -2.20. The van der Waals surface area contributed by atoms with Gasteiger partial charge in [-0.3, -0.25) is 4.79 Å². The summed E-state index contributed by atoms with van der Waals surface area (Å²) in [6, 6.07) is 13.6. The molecule has 5 rings (SSSR count). The number of nitriles is 1. The van der Waals surface area contributed by atoms with Crippen LogP contribution in [0.1, 0.15) is 38.1 Å². The average Bonchev–Trinajstić information content (AvgIpc) is 3.73. The average molecular weight is 557 g/mol. The van der Waals surface area contributed by atoms with Crippen LogP contribution in [-0.4, -0.2) is 41.0 Å². The SMILES string of the molecule is CCOC(=O)c1sc(NC(=O)COC(=O)c2ccc3nc(-c4ccco4)c(-c4ccco4)nc3c2)c(C#N)c1C. The van der Waals surface area contributed by atoms with Gasteiger partial charge in [0.05, 0.1) is 41.3 Å². The predicted molar refractivity (Wildman–Crippen MR) is 144 cm³/mol. The number of esters is 2. The van der Waals surface area contributed by atoms with Gasteiger partial charge in [0, 0.05) is 0 Å². The zero-order valence-corrected chi connectivity index (χ0v) is 22.0. The number of anilines is 1. The Morgan fingerprint density at radius 3 is 2.25 bits per heavy atom. The van der Waals surface area contributed by atoms with E-state index in [4.69, 9.17) is 18.3 Å². The van der Waals surface area contributed by atoms with E-state index in [-0.39, 0.29) is 27.6 Å². The summed E-state index contributed by atoms with van der Waals surface area (Å²) >= 11 is 0.920. The second-order valence-electron chi connectivity index (χ2n) is 8.30. The lowest BCUT2D eigenvalue weighted by Gasteiger charge is -2.08. The number of nitrogens with one attached hydrogen (secondary N) is 1. The van der Waals surface area contributed by atoms with Crippen molar-refractivity contribution in [3.05, 3.63) is 76.6 Å². The molecule has 0 aliphatic rings. The van der Waals surface area contributed by atoms with Gasteiger partial charge in [-0.05, 0) is 61.9 Å². The van der Waals surface area contributed by atoms with Crippen molar-refractivity contribution in [3.63, 3.8) is 0 Å². The van der Waals surface area contributed by atoms with Gasteiger partial charge in [0.25, 0.3) is 5.91 Å². The van der Waals surface area contributed by atoms with Crippen LogP contribution in [-0.2, 0) is 14.3 Å². The van der Waals surface area contributed by atoms with Crippen LogP contribution in [0.25, 0.3) is 33.9 Å². The molecule has 0 radical (unpaired) electrons. The highest BCUT2D eigenvalue weighted by Gasteiger charge is 2.23. The molecule has 0 atom stereocenters. The minimum absolute atomic E-state index is 0.141. The van der Waals surface area contributed by atoms with E-state index in [1.807, 2.05) is 6.07 Å². The number of nitrogens with zero attached hydrogens (tertiary/aromatic N) is 3. The number of benzene rings is 1. The summed E-state index contributed by atoms with van der Waals surface area (Å²) in [6.45, 7) is 2.81. The molecule has 5 aromatic rings. The third kappa shape index (κ3) is 5.18. The van der Waals surface area contributed by atoms with E-state index in [0.29, 0.717) is 39.5 Å². The summed E-state index contributed by atoms with van der Waals surface area (Å²) in [5, 5.41) is 12.2. The van der Waals surface area contributed by atoms with Gasteiger partial charge in [0.2, 0.25) is 0 Å². The Bertz CT molecular complexity index is 1770. The fourth-order valence-corrected chi connectivity index (χ4v) is 4.92. The van der Waals surface area contributed by atoms with E-state index in [0.717, 1.165) is 11.3 Å². The molecule has 1 aromatic carbocycles. The van der Waals surface area contributed by atoms with Crippen molar-refractivity contribution in [2.45, 2.75) is 13.8 Å². The molecule has 0 saturated carbocycles. The van der Waals surface area contributed by atoms with Crippen LogP contribution in [0.3, 0.4) is 0 Å². The van der Waals surface area contributed by atoms with Gasteiger partial charge >= 0.3 is 11.9 Å². The summed E-state index contributed by atoms with van der Waals surface area (Å²) < 4.78 is 21.2. The number of fused-ring (bicyclic) bond motifs is 1. The van der Waals surface area contributed by atoms with E-state index < -0.39 is 24.5 Å². The van der Waals surface area contributed by atoms with Gasteiger partial charge in [-0.25, -0.2) is 19.6 Å². The van der Waals surface area contributed by atoms with Crippen LogP contribution >= 0.6 is 11.3 Å². The Kier molecular flexibility index (Phi) is 7.39. The molecule has 200 valence electrons. The van der Waals surface area contributed by atoms with E-state index in [1.54, 1.807) is 44.2 Å². The maximum absolute atomic E-state index is 12.8. The number of carbonyl (C=O) groups excluding carboxylic acids is 3. The van der Waals surface area contributed by atoms with Crippen molar-refractivity contribution in [1.82, 2.24) is 9.97 Å². The normalized spacial score (nSPS) is 10.7. The van der Waals surface area contributed by atoms with Crippen LogP contribution in [0, 0.1) is 18.3 Å². The summed E-state index contributed by atoms with van der Waals surface area (Å²) in [5.74, 6) is -1.05. The Morgan fingerprint density at radius 2 is 1.65 bits per heavy atom. The monoisotopic (exact) mass is 556 g/mol. The van der Waals surface area contributed by atoms with Crippen molar-refractivity contribution >= 4 is 45.2 Å². The number of amides is 1. The van der Waals surface area contributed by atoms with Crippen molar-refractivity contribution < 1.29 is 32.7 Å². The Morgan fingerprint density at radius 1 is 0.975 bits per heavy atom. The maximum Gasteiger partial charge on any atom is 0.348 e. The number of aromatic nitrogens is 2. The lowest BCUT2D eigenvalue weighted by molar-refractivity contribution is -0.119. The van der Waals surface area contributed by atoms with Gasteiger partial charge in [-0.1, -0.05) is 0 Å². The smallest absolute Gasteiger partial charge is 0.348 e. The summed E-state index contributed by atoms with van der Waals surface area (Å²) in [4.78, 5) is 46.9. The highest BCUT2D eigenvalue weighted by Crippen LogP contribution is 2.33. The van der Waals surface area contributed by atoms with Gasteiger partial charge < -0.3 is 23.6 Å². The van der Waals surface area contributed by atoms with Crippen molar-refractivity contribution in [3.8, 4) is 29.0 Å². The molecular formula is C28H20N4O7S. The van der Waals surface area contributed by atoms with E-state index in [2.05, 4.69) is 15.3 Å². The third-order valence-corrected chi connectivity index (χ3v) is 6.90. The topological polar surface area (TPSA) is 158 Å². The quantitative estimate of drug-likeness (QED) is 0.247. The molecule has 12 heteroatoms. The Hall–Kier alpha value is -5.28. The number of furan rings is 2. The van der Waals surface area contributed by atoms with Crippen LogP contribution in [0.2, 0.25) is 0 Å². The van der Waals surface area contributed by atoms with Gasteiger partial charge in [0.1, 0.15) is 27.3 Å². The number of hydrogen-bond acceptors (Lipinski definition) is 11. The largest absolute Gasteiger partial charge is 0.463 e. The van der Waals surface area contributed by atoms with Crippen LogP contribution in [0.4, 0.5) is 5.00 Å². The first-order chi connectivity index (χ1) is 19.4. The van der Waals surface area contributed by atoms with Crippen molar-refractivity contribution in [2.75, 3.05) is 18.5 Å². The number of hydrogen-bond donors (Lipinski definition) is 1. The number of carbonyl (C=O) groups is 3. The van der Waals surface area contributed by atoms with Gasteiger partial charge in [0.15, 0.2) is 18.1 Å². The van der Waals surface area contributed by atoms with Crippen molar-refractivity contribution in [1.29, 1.82) is 5.26 Å². The third-order valence-electron chi connectivity index (χ3n) is 5.72. The molecular weight excluding hydrogens is 536 g/mol. The fourth-order valence-electron chi connectivity index (χ4n) is 3.86. The number of rotatable bonds is 8.